The summed E-state index contributed by atoms with van der Waals surface area (Å²) in [6.45, 7) is 4.61. The first kappa shape index (κ1) is 16.7. The lowest BCUT2D eigenvalue weighted by Gasteiger charge is -2.19. The quantitative estimate of drug-likeness (QED) is 0.848. The molecule has 23 heavy (non-hydrogen) atoms. The maximum absolute atomic E-state index is 12.7. The molecule has 2 heterocycles. The van der Waals surface area contributed by atoms with E-state index >= 15 is 0 Å². The van der Waals surface area contributed by atoms with Gasteiger partial charge in [0.1, 0.15) is 11.3 Å². The van der Waals surface area contributed by atoms with Gasteiger partial charge in [-0.1, -0.05) is 13.8 Å². The lowest BCUT2D eigenvalue weighted by atomic mass is 10.2. The first-order valence-corrected chi connectivity index (χ1v) is 7.42. The topological polar surface area (TPSA) is 64.4 Å². The number of amides is 1. The predicted molar refractivity (Wildman–Crippen MR) is 89.1 cm³/mol. The Morgan fingerprint density at radius 3 is 2.74 bits per heavy atom. The van der Waals surface area contributed by atoms with Gasteiger partial charge in [0.25, 0.3) is 11.5 Å². The summed E-state index contributed by atoms with van der Waals surface area (Å²) in [7, 11) is 3.09. The van der Waals surface area contributed by atoms with Gasteiger partial charge < -0.3 is 14.2 Å². The van der Waals surface area contributed by atoms with E-state index in [9.17, 15) is 9.59 Å². The van der Waals surface area contributed by atoms with Gasteiger partial charge in [-0.25, -0.2) is 4.98 Å². The third-order valence-electron chi connectivity index (χ3n) is 3.42. The summed E-state index contributed by atoms with van der Waals surface area (Å²) in [4.78, 5) is 30.7. The Labute approximate surface area is 135 Å². The van der Waals surface area contributed by atoms with Gasteiger partial charge in [-0.2, -0.15) is 0 Å². The van der Waals surface area contributed by atoms with Crippen LogP contribution in [0.1, 0.15) is 24.2 Å². The third-order valence-corrected chi connectivity index (χ3v) is 3.42. The fraction of sp³-hybridized carbons (Fsp3) is 0.353. The number of hydrogen-bond donors (Lipinski definition) is 0. The molecule has 1 amide bonds. The Morgan fingerprint density at radius 2 is 2.09 bits per heavy atom. The van der Waals surface area contributed by atoms with Crippen LogP contribution < -0.4 is 15.2 Å². The van der Waals surface area contributed by atoms with Crippen LogP contribution in [0.15, 0.2) is 41.5 Å². The maximum atomic E-state index is 12.7. The molecule has 0 aliphatic heterocycles. The van der Waals surface area contributed by atoms with Crippen molar-refractivity contribution in [3.63, 3.8) is 0 Å². The van der Waals surface area contributed by atoms with Gasteiger partial charge in [0, 0.05) is 26.0 Å². The molecule has 0 aliphatic rings. The van der Waals surface area contributed by atoms with Gasteiger partial charge in [0.15, 0.2) is 0 Å². The summed E-state index contributed by atoms with van der Waals surface area (Å²) in [5, 5.41) is 0. The molecule has 122 valence electrons. The van der Waals surface area contributed by atoms with Crippen molar-refractivity contribution < 1.29 is 9.53 Å². The van der Waals surface area contributed by atoms with Crippen LogP contribution in [0.3, 0.4) is 0 Å². The van der Waals surface area contributed by atoms with Crippen LogP contribution in [0.25, 0.3) is 0 Å². The minimum absolute atomic E-state index is 0.126. The fourth-order valence-electron chi connectivity index (χ4n) is 2.32. The number of ether oxygens (including phenoxy) is 1. The van der Waals surface area contributed by atoms with Crippen LogP contribution in [0.5, 0.6) is 5.88 Å². The van der Waals surface area contributed by atoms with Crippen LogP contribution >= 0.6 is 0 Å². The Bertz CT molecular complexity index is 753. The van der Waals surface area contributed by atoms with Gasteiger partial charge in [-0.3, -0.25) is 9.59 Å². The van der Waals surface area contributed by atoms with E-state index in [1.165, 1.54) is 12.0 Å². The molecule has 2 aromatic heterocycles. The molecule has 0 bridgehead atoms. The van der Waals surface area contributed by atoms with Gasteiger partial charge in [-0.05, 0) is 30.2 Å². The Hall–Kier alpha value is -2.63. The lowest BCUT2D eigenvalue weighted by Crippen LogP contribution is -2.35. The first-order valence-electron chi connectivity index (χ1n) is 7.42. The molecular weight excluding hydrogens is 294 g/mol. The summed E-state index contributed by atoms with van der Waals surface area (Å²) in [6.07, 6.45) is 3.28. The number of hydrogen-bond acceptors (Lipinski definition) is 4. The molecule has 2 aromatic rings. The summed E-state index contributed by atoms with van der Waals surface area (Å²) in [5.41, 5.74) is 0.348. The van der Waals surface area contributed by atoms with Crippen LogP contribution in [0, 0.1) is 5.92 Å². The Balaban J connectivity index is 2.39. The number of nitrogens with zero attached hydrogens (tertiary/aromatic N) is 3. The molecule has 6 nitrogen and oxygen atoms in total. The number of pyridine rings is 2. The van der Waals surface area contributed by atoms with Crippen LogP contribution in [-0.4, -0.2) is 29.6 Å². The highest BCUT2D eigenvalue weighted by Gasteiger charge is 2.20. The average molecular weight is 315 g/mol. The van der Waals surface area contributed by atoms with Crippen LogP contribution in [0.2, 0.25) is 0 Å². The highest BCUT2D eigenvalue weighted by Crippen LogP contribution is 2.24. The molecular formula is C17H21N3O3. The second-order valence-corrected chi connectivity index (χ2v) is 5.67. The number of aromatic nitrogens is 2. The van der Waals surface area contributed by atoms with E-state index < -0.39 is 0 Å². The molecule has 0 unspecified atom stereocenters. The van der Waals surface area contributed by atoms with Gasteiger partial charge in [0.05, 0.1) is 7.11 Å². The van der Waals surface area contributed by atoms with Crippen molar-refractivity contribution in [3.8, 4) is 5.88 Å². The SMILES string of the molecule is COc1ncccc1N(C)C(=O)c1cccn(CC(C)C)c1=O. The monoisotopic (exact) mass is 315 g/mol. The molecule has 2 rings (SSSR count). The zero-order valence-corrected chi connectivity index (χ0v) is 13.8. The second-order valence-electron chi connectivity index (χ2n) is 5.67. The Morgan fingerprint density at radius 1 is 1.35 bits per heavy atom. The molecule has 0 atom stereocenters. The molecule has 6 heteroatoms. The number of methoxy groups -OCH3 is 1. The van der Waals surface area contributed by atoms with Gasteiger partial charge in [0.2, 0.25) is 5.88 Å². The van der Waals surface area contributed by atoms with Crippen molar-refractivity contribution >= 4 is 11.6 Å². The number of carbonyl (C=O) groups is 1. The summed E-state index contributed by atoms with van der Waals surface area (Å²) < 4.78 is 6.73. The normalized spacial score (nSPS) is 10.7. The molecule has 0 saturated carbocycles. The summed E-state index contributed by atoms with van der Waals surface area (Å²) in [5.74, 6) is 0.260. The number of rotatable bonds is 5. The highest BCUT2D eigenvalue weighted by atomic mass is 16.5. The van der Waals surface area contributed by atoms with Gasteiger partial charge >= 0.3 is 0 Å². The third kappa shape index (κ3) is 3.59. The van der Waals surface area contributed by atoms with E-state index in [2.05, 4.69) is 4.98 Å². The molecule has 0 spiro atoms. The predicted octanol–water partition coefficient (Wildman–Crippen LogP) is 2.18. The van der Waals surface area contributed by atoms with Crippen molar-refractivity contribution in [2.75, 3.05) is 19.1 Å². The van der Waals surface area contributed by atoms with E-state index in [4.69, 9.17) is 4.74 Å². The average Bonchev–Trinajstić information content (AvgIpc) is 2.55. The van der Waals surface area contributed by atoms with Crippen molar-refractivity contribution in [2.24, 2.45) is 5.92 Å². The molecule has 0 fully saturated rings. The number of anilines is 1. The standard InChI is InChI=1S/C17H21N3O3/c1-12(2)11-20-10-6-7-13(17(20)22)16(21)19(3)14-8-5-9-18-15(14)23-4/h5-10,12H,11H2,1-4H3. The zero-order chi connectivity index (χ0) is 17.0. The maximum Gasteiger partial charge on any atom is 0.263 e. The van der Waals surface area contributed by atoms with Crippen molar-refractivity contribution in [3.05, 3.63) is 52.6 Å². The van der Waals surface area contributed by atoms with E-state index in [1.54, 1.807) is 48.3 Å². The summed E-state index contributed by atoms with van der Waals surface area (Å²) in [6, 6.07) is 6.69. The van der Waals surface area contributed by atoms with Crippen molar-refractivity contribution in [1.29, 1.82) is 0 Å². The van der Waals surface area contributed by atoms with E-state index in [0.717, 1.165) is 0 Å². The Kier molecular flexibility index (Phi) is 5.16. The zero-order valence-electron chi connectivity index (χ0n) is 13.8. The summed E-state index contributed by atoms with van der Waals surface area (Å²) >= 11 is 0. The van der Waals surface area contributed by atoms with Crippen molar-refractivity contribution in [2.45, 2.75) is 20.4 Å². The smallest absolute Gasteiger partial charge is 0.263 e. The number of carbonyl (C=O) groups excluding carboxylic acids is 1. The van der Waals surface area contributed by atoms with Crippen molar-refractivity contribution in [1.82, 2.24) is 9.55 Å². The van der Waals surface area contributed by atoms with Crippen LogP contribution in [0.4, 0.5) is 5.69 Å². The van der Waals surface area contributed by atoms with Crippen LogP contribution in [-0.2, 0) is 6.54 Å². The first-order chi connectivity index (χ1) is 11.0. The largest absolute Gasteiger partial charge is 0.480 e. The minimum Gasteiger partial charge on any atom is -0.480 e. The van der Waals surface area contributed by atoms with E-state index in [-0.39, 0.29) is 17.0 Å². The van der Waals surface area contributed by atoms with E-state index in [1.807, 2.05) is 13.8 Å². The molecule has 0 aliphatic carbocycles. The second kappa shape index (κ2) is 7.09. The molecule has 0 N–H and O–H groups in total. The minimum atomic E-state index is -0.389. The van der Waals surface area contributed by atoms with Gasteiger partial charge in [-0.15, -0.1) is 0 Å². The lowest BCUT2D eigenvalue weighted by molar-refractivity contribution is 0.0990. The molecule has 0 radical (unpaired) electrons. The fourth-order valence-corrected chi connectivity index (χ4v) is 2.32. The van der Waals surface area contributed by atoms with E-state index in [0.29, 0.717) is 24.0 Å². The molecule has 0 saturated heterocycles. The highest BCUT2D eigenvalue weighted by molar-refractivity contribution is 6.06. The molecule has 0 aromatic carbocycles.